The lowest BCUT2D eigenvalue weighted by Crippen LogP contribution is -2.35. The standard InChI is InChI=1S/C8H6ClNO3/c9-5-3-1-2-4-6(5)13-8(12)10-7(4)11/h1-3,7,11H,(H,10,12)/t7-/m1/s1. The van der Waals surface area contributed by atoms with Crippen LogP contribution in [0.4, 0.5) is 4.79 Å². The normalized spacial score (nSPS) is 20.2. The summed E-state index contributed by atoms with van der Waals surface area (Å²) in [5.41, 5.74) is 0.465. The number of rotatable bonds is 0. The maximum atomic E-state index is 10.8. The van der Waals surface area contributed by atoms with E-state index in [1.165, 1.54) is 0 Å². The molecule has 0 aliphatic carbocycles. The molecule has 1 aliphatic heterocycles. The summed E-state index contributed by atoms with van der Waals surface area (Å²) < 4.78 is 4.79. The van der Waals surface area contributed by atoms with Crippen molar-refractivity contribution in [2.24, 2.45) is 0 Å². The SMILES string of the molecule is O=C1N[C@H](O)c2cccc(Cl)c2O1. The van der Waals surface area contributed by atoms with E-state index < -0.39 is 12.3 Å². The molecule has 0 saturated carbocycles. The maximum Gasteiger partial charge on any atom is 0.414 e. The number of halogens is 1. The van der Waals surface area contributed by atoms with Gasteiger partial charge in [0.05, 0.1) is 5.02 Å². The predicted molar refractivity (Wildman–Crippen MR) is 45.6 cm³/mol. The molecule has 4 nitrogen and oxygen atoms in total. The second-order valence-electron chi connectivity index (χ2n) is 2.59. The largest absolute Gasteiger partial charge is 0.414 e. The third-order valence-corrected chi connectivity index (χ3v) is 2.04. The van der Waals surface area contributed by atoms with Crippen molar-refractivity contribution in [1.82, 2.24) is 5.32 Å². The summed E-state index contributed by atoms with van der Waals surface area (Å²) in [6.45, 7) is 0. The third kappa shape index (κ3) is 1.34. The number of benzene rings is 1. The number of amides is 1. The molecule has 0 fully saturated rings. The Bertz CT molecular complexity index is 366. The fourth-order valence-corrected chi connectivity index (χ4v) is 1.38. The second-order valence-corrected chi connectivity index (χ2v) is 3.00. The Morgan fingerprint density at radius 3 is 3.08 bits per heavy atom. The maximum absolute atomic E-state index is 10.8. The van der Waals surface area contributed by atoms with Crippen molar-refractivity contribution < 1.29 is 14.6 Å². The summed E-state index contributed by atoms with van der Waals surface area (Å²) in [6.07, 6.45) is -1.75. The number of hydrogen-bond donors (Lipinski definition) is 2. The van der Waals surface area contributed by atoms with Crippen LogP contribution in [0, 0.1) is 0 Å². The Morgan fingerprint density at radius 2 is 2.31 bits per heavy atom. The van der Waals surface area contributed by atoms with Crippen LogP contribution in [0.25, 0.3) is 0 Å². The molecule has 1 amide bonds. The molecule has 68 valence electrons. The summed E-state index contributed by atoms with van der Waals surface area (Å²) in [5.74, 6) is 0.223. The molecule has 0 radical (unpaired) electrons. The smallest absolute Gasteiger partial charge is 0.408 e. The third-order valence-electron chi connectivity index (χ3n) is 1.74. The van der Waals surface area contributed by atoms with E-state index in [9.17, 15) is 9.90 Å². The highest BCUT2D eigenvalue weighted by Gasteiger charge is 2.25. The molecule has 0 aromatic heterocycles. The Kier molecular flexibility index (Phi) is 1.86. The molecule has 13 heavy (non-hydrogen) atoms. The number of carbonyl (C=O) groups is 1. The molecule has 0 saturated heterocycles. The highest BCUT2D eigenvalue weighted by Crippen LogP contribution is 2.34. The first kappa shape index (κ1) is 8.34. The van der Waals surface area contributed by atoms with Gasteiger partial charge in [-0.25, -0.2) is 4.79 Å². The van der Waals surface area contributed by atoms with E-state index in [1.54, 1.807) is 18.2 Å². The summed E-state index contributed by atoms with van der Waals surface area (Å²) in [5, 5.41) is 11.9. The van der Waals surface area contributed by atoms with E-state index >= 15 is 0 Å². The first-order valence-corrected chi connectivity index (χ1v) is 4.01. The van der Waals surface area contributed by atoms with Crippen LogP contribution < -0.4 is 10.1 Å². The first-order chi connectivity index (χ1) is 6.18. The predicted octanol–water partition coefficient (Wildman–Crippen LogP) is 1.43. The molecule has 0 unspecified atom stereocenters. The van der Waals surface area contributed by atoms with Crippen LogP contribution in [-0.4, -0.2) is 11.2 Å². The van der Waals surface area contributed by atoms with Crippen LogP contribution in [0.1, 0.15) is 11.8 Å². The zero-order chi connectivity index (χ0) is 9.42. The number of para-hydroxylation sites is 1. The van der Waals surface area contributed by atoms with E-state index in [4.69, 9.17) is 16.3 Å². The Labute approximate surface area is 79.1 Å². The molecule has 2 N–H and O–H groups in total. The number of fused-ring (bicyclic) bond motifs is 1. The first-order valence-electron chi connectivity index (χ1n) is 3.63. The lowest BCUT2D eigenvalue weighted by molar-refractivity contribution is 0.109. The van der Waals surface area contributed by atoms with E-state index in [-0.39, 0.29) is 5.75 Å². The highest BCUT2D eigenvalue weighted by atomic mass is 35.5. The van der Waals surface area contributed by atoms with Gasteiger partial charge >= 0.3 is 6.09 Å². The Morgan fingerprint density at radius 1 is 1.54 bits per heavy atom. The number of ether oxygens (including phenoxy) is 1. The molecule has 1 aromatic carbocycles. The van der Waals surface area contributed by atoms with Gasteiger partial charge in [-0.05, 0) is 6.07 Å². The number of aliphatic hydroxyl groups is 1. The van der Waals surface area contributed by atoms with Crippen molar-refractivity contribution >= 4 is 17.7 Å². The highest BCUT2D eigenvalue weighted by molar-refractivity contribution is 6.32. The van der Waals surface area contributed by atoms with Crippen molar-refractivity contribution in [2.45, 2.75) is 6.23 Å². The van der Waals surface area contributed by atoms with Gasteiger partial charge in [-0.3, -0.25) is 5.32 Å². The lowest BCUT2D eigenvalue weighted by atomic mass is 10.1. The fraction of sp³-hybridized carbons (Fsp3) is 0.125. The van der Waals surface area contributed by atoms with Crippen LogP contribution in [0.15, 0.2) is 18.2 Å². The van der Waals surface area contributed by atoms with Gasteiger partial charge in [0, 0.05) is 5.56 Å². The summed E-state index contributed by atoms with van der Waals surface area (Å²) >= 11 is 5.76. The van der Waals surface area contributed by atoms with Crippen molar-refractivity contribution in [1.29, 1.82) is 0 Å². The van der Waals surface area contributed by atoms with Gasteiger partial charge in [-0.2, -0.15) is 0 Å². The zero-order valence-corrected chi connectivity index (χ0v) is 7.21. The van der Waals surface area contributed by atoms with E-state index in [2.05, 4.69) is 5.32 Å². The molecule has 5 heteroatoms. The summed E-state index contributed by atoms with van der Waals surface area (Å²) in [6, 6.07) is 4.89. The van der Waals surface area contributed by atoms with Crippen molar-refractivity contribution in [3.63, 3.8) is 0 Å². The number of nitrogens with one attached hydrogen (secondary N) is 1. The van der Waals surface area contributed by atoms with E-state index in [0.717, 1.165) is 0 Å². The molecule has 1 aromatic rings. The van der Waals surface area contributed by atoms with Gasteiger partial charge in [-0.15, -0.1) is 0 Å². The molecule has 0 bridgehead atoms. The van der Waals surface area contributed by atoms with Gasteiger partial charge in [0.2, 0.25) is 0 Å². The van der Waals surface area contributed by atoms with Crippen LogP contribution >= 0.6 is 11.6 Å². The topological polar surface area (TPSA) is 58.6 Å². The fourth-order valence-electron chi connectivity index (χ4n) is 1.16. The number of carbonyl (C=O) groups excluding carboxylic acids is 1. The van der Waals surface area contributed by atoms with Gasteiger partial charge in [0.1, 0.15) is 0 Å². The minimum absolute atomic E-state index is 0.223. The van der Waals surface area contributed by atoms with Crippen molar-refractivity contribution in [2.75, 3.05) is 0 Å². The molecular formula is C8H6ClNO3. The average molecular weight is 200 g/mol. The van der Waals surface area contributed by atoms with Gasteiger partial charge < -0.3 is 9.84 Å². The van der Waals surface area contributed by atoms with Gasteiger partial charge in [0.15, 0.2) is 12.0 Å². The molecule has 1 atom stereocenters. The molecular weight excluding hydrogens is 194 g/mol. The van der Waals surface area contributed by atoms with Crippen molar-refractivity contribution in [3.8, 4) is 5.75 Å². The molecule has 1 heterocycles. The quantitative estimate of drug-likeness (QED) is 0.665. The van der Waals surface area contributed by atoms with Gasteiger partial charge in [0.25, 0.3) is 0 Å². The van der Waals surface area contributed by atoms with Crippen LogP contribution in [0.3, 0.4) is 0 Å². The summed E-state index contributed by atoms with van der Waals surface area (Å²) in [7, 11) is 0. The van der Waals surface area contributed by atoms with Crippen LogP contribution in [-0.2, 0) is 0 Å². The van der Waals surface area contributed by atoms with Crippen LogP contribution in [0.5, 0.6) is 5.75 Å². The average Bonchev–Trinajstić information content (AvgIpc) is 2.07. The minimum atomic E-state index is -1.05. The van der Waals surface area contributed by atoms with Gasteiger partial charge in [-0.1, -0.05) is 23.7 Å². The minimum Gasteiger partial charge on any atom is -0.408 e. The molecule has 1 aliphatic rings. The number of aliphatic hydroxyl groups excluding tert-OH is 1. The van der Waals surface area contributed by atoms with E-state index in [0.29, 0.717) is 10.6 Å². The molecule has 0 spiro atoms. The van der Waals surface area contributed by atoms with Crippen molar-refractivity contribution in [3.05, 3.63) is 28.8 Å². The zero-order valence-electron chi connectivity index (χ0n) is 6.45. The second kappa shape index (κ2) is 2.90. The lowest BCUT2D eigenvalue weighted by Gasteiger charge is -2.22. The Hall–Kier alpha value is -1.26. The van der Waals surface area contributed by atoms with Crippen LogP contribution in [0.2, 0.25) is 5.02 Å². The monoisotopic (exact) mass is 199 g/mol. The number of hydrogen-bond acceptors (Lipinski definition) is 3. The Balaban J connectivity index is 2.54. The summed E-state index contributed by atoms with van der Waals surface area (Å²) in [4.78, 5) is 10.8. The van der Waals surface area contributed by atoms with E-state index in [1.807, 2.05) is 0 Å². The molecule has 2 rings (SSSR count).